The van der Waals surface area contributed by atoms with E-state index >= 15 is 0 Å². The molecule has 6 nitrogen and oxygen atoms in total. The predicted octanol–water partition coefficient (Wildman–Crippen LogP) is 13.0. The third-order valence-corrected chi connectivity index (χ3v) is 9.33. The van der Waals surface area contributed by atoms with Gasteiger partial charge in [-0.05, 0) is 31.0 Å². The summed E-state index contributed by atoms with van der Waals surface area (Å²) in [6, 6.07) is 4.48. The van der Waals surface area contributed by atoms with Crippen molar-refractivity contribution in [3.05, 3.63) is 23.8 Å². The Morgan fingerprint density at radius 3 is 1.06 bits per heavy atom. The summed E-state index contributed by atoms with van der Waals surface area (Å²) in [4.78, 5) is 36.9. The number of carboxylic acids is 1. The minimum atomic E-state index is -1.06. The van der Waals surface area contributed by atoms with Crippen LogP contribution in [-0.4, -0.2) is 22.9 Å². The van der Waals surface area contributed by atoms with Crippen molar-refractivity contribution < 1.29 is 19.5 Å². The molecule has 0 radical (unpaired) electrons. The smallest absolute Gasteiger partial charge is 0.335 e. The van der Waals surface area contributed by atoms with Gasteiger partial charge in [-0.2, -0.15) is 0 Å². The molecular formula is C41H72N2O4. The molecule has 6 heteroatoms. The van der Waals surface area contributed by atoms with Crippen molar-refractivity contribution in [3.8, 4) is 0 Å². The number of anilines is 2. The van der Waals surface area contributed by atoms with Gasteiger partial charge in [-0.15, -0.1) is 0 Å². The van der Waals surface area contributed by atoms with Crippen molar-refractivity contribution in [1.29, 1.82) is 0 Å². The summed E-state index contributed by atoms with van der Waals surface area (Å²) in [5, 5.41) is 15.2. The lowest BCUT2D eigenvalue weighted by molar-refractivity contribution is -0.117. The largest absolute Gasteiger partial charge is 0.478 e. The number of hydrogen-bond donors (Lipinski definition) is 3. The van der Waals surface area contributed by atoms with Crippen molar-refractivity contribution in [1.82, 2.24) is 0 Å². The minimum Gasteiger partial charge on any atom is -0.478 e. The van der Waals surface area contributed by atoms with Crippen LogP contribution in [0.2, 0.25) is 0 Å². The second kappa shape index (κ2) is 30.9. The Morgan fingerprint density at radius 1 is 0.447 bits per heavy atom. The predicted molar refractivity (Wildman–Crippen MR) is 201 cm³/mol. The number of aromatic carboxylic acids is 1. The first kappa shape index (κ1) is 42.7. The average Bonchev–Trinajstić information content (AvgIpc) is 3.05. The summed E-state index contributed by atoms with van der Waals surface area (Å²) in [5.41, 5.74) is 0.899. The fraction of sp³-hybridized carbons (Fsp3) is 0.780. The van der Waals surface area contributed by atoms with E-state index in [0.29, 0.717) is 24.2 Å². The maximum Gasteiger partial charge on any atom is 0.335 e. The number of carbonyl (C=O) groups excluding carboxylic acids is 2. The van der Waals surface area contributed by atoms with E-state index < -0.39 is 5.97 Å². The number of unbranched alkanes of at least 4 members (excludes halogenated alkanes) is 26. The lowest BCUT2D eigenvalue weighted by Gasteiger charge is -2.13. The van der Waals surface area contributed by atoms with Gasteiger partial charge in [0.15, 0.2) is 0 Å². The van der Waals surface area contributed by atoms with Crippen LogP contribution in [0.4, 0.5) is 11.4 Å². The average molecular weight is 657 g/mol. The summed E-state index contributed by atoms with van der Waals surface area (Å²) < 4.78 is 0. The molecule has 3 N–H and O–H groups in total. The Kier molecular flexibility index (Phi) is 28.1. The second-order valence-electron chi connectivity index (χ2n) is 13.9. The molecule has 0 bridgehead atoms. The molecule has 1 aromatic carbocycles. The van der Waals surface area contributed by atoms with Crippen LogP contribution in [-0.2, 0) is 9.59 Å². The lowest BCUT2D eigenvalue weighted by Crippen LogP contribution is -2.17. The fourth-order valence-electron chi connectivity index (χ4n) is 6.28. The van der Waals surface area contributed by atoms with Crippen molar-refractivity contribution >= 4 is 29.2 Å². The van der Waals surface area contributed by atoms with Crippen LogP contribution in [0.15, 0.2) is 18.2 Å². The van der Waals surface area contributed by atoms with E-state index in [2.05, 4.69) is 24.5 Å². The van der Waals surface area contributed by atoms with Crippen molar-refractivity contribution in [2.24, 2.45) is 0 Å². The molecule has 0 aliphatic rings. The van der Waals surface area contributed by atoms with Gasteiger partial charge in [0.05, 0.1) is 16.9 Å². The Hall–Kier alpha value is -2.37. The van der Waals surface area contributed by atoms with Gasteiger partial charge in [0.25, 0.3) is 0 Å². The zero-order valence-corrected chi connectivity index (χ0v) is 30.6. The summed E-state index contributed by atoms with van der Waals surface area (Å²) in [5.74, 6) is -1.31. The van der Waals surface area contributed by atoms with Crippen molar-refractivity contribution in [2.75, 3.05) is 10.6 Å². The first-order valence-corrected chi connectivity index (χ1v) is 19.9. The molecular weight excluding hydrogens is 584 g/mol. The molecule has 0 saturated heterocycles. The second-order valence-corrected chi connectivity index (χ2v) is 13.9. The van der Waals surface area contributed by atoms with E-state index in [9.17, 15) is 19.5 Å². The molecule has 0 aliphatic heterocycles. The molecule has 47 heavy (non-hydrogen) atoms. The van der Waals surface area contributed by atoms with Gasteiger partial charge >= 0.3 is 5.97 Å². The first-order chi connectivity index (χ1) is 23.0. The number of carbonyl (C=O) groups is 3. The number of carboxylic acid groups (broad SMARTS) is 1. The van der Waals surface area contributed by atoms with E-state index in [1.165, 1.54) is 153 Å². The lowest BCUT2D eigenvalue weighted by atomic mass is 10.0. The molecule has 0 atom stereocenters. The molecule has 2 amide bonds. The quantitative estimate of drug-likeness (QED) is 0.0656. The van der Waals surface area contributed by atoms with Gasteiger partial charge in [0.2, 0.25) is 11.8 Å². The highest BCUT2D eigenvalue weighted by Gasteiger charge is 2.13. The topological polar surface area (TPSA) is 95.5 Å². The summed E-state index contributed by atoms with van der Waals surface area (Å²) in [7, 11) is 0. The third-order valence-electron chi connectivity index (χ3n) is 9.33. The van der Waals surface area contributed by atoms with E-state index in [-0.39, 0.29) is 17.4 Å². The van der Waals surface area contributed by atoms with E-state index in [4.69, 9.17) is 0 Å². The van der Waals surface area contributed by atoms with Gasteiger partial charge in [0, 0.05) is 12.8 Å². The van der Waals surface area contributed by atoms with Crippen LogP contribution in [0.5, 0.6) is 0 Å². The molecule has 0 unspecified atom stereocenters. The summed E-state index contributed by atoms with van der Waals surface area (Å²) in [6.07, 6.45) is 36.3. The van der Waals surface area contributed by atoms with Crippen LogP contribution in [0.1, 0.15) is 217 Å². The molecule has 1 rings (SSSR count). The van der Waals surface area contributed by atoms with Gasteiger partial charge in [-0.1, -0.05) is 181 Å². The van der Waals surface area contributed by atoms with Crippen LogP contribution in [0.25, 0.3) is 0 Å². The maximum absolute atomic E-state index is 12.7. The normalized spacial score (nSPS) is 11.1. The first-order valence-electron chi connectivity index (χ1n) is 19.9. The molecule has 0 spiro atoms. The third kappa shape index (κ3) is 25.3. The highest BCUT2D eigenvalue weighted by atomic mass is 16.4. The van der Waals surface area contributed by atoms with Gasteiger partial charge in [0.1, 0.15) is 0 Å². The van der Waals surface area contributed by atoms with Gasteiger partial charge in [-0.3, -0.25) is 9.59 Å². The Morgan fingerprint density at radius 2 is 0.745 bits per heavy atom. The highest BCUT2D eigenvalue weighted by molar-refractivity contribution is 6.01. The maximum atomic E-state index is 12.7. The van der Waals surface area contributed by atoms with Crippen molar-refractivity contribution in [2.45, 2.75) is 206 Å². The highest BCUT2D eigenvalue weighted by Crippen LogP contribution is 2.25. The molecule has 0 heterocycles. The molecule has 0 fully saturated rings. The number of amides is 2. The monoisotopic (exact) mass is 657 g/mol. The van der Waals surface area contributed by atoms with Gasteiger partial charge in [-0.25, -0.2) is 4.79 Å². The van der Waals surface area contributed by atoms with Crippen LogP contribution in [0.3, 0.4) is 0 Å². The zero-order chi connectivity index (χ0) is 34.2. The van der Waals surface area contributed by atoms with Crippen LogP contribution < -0.4 is 10.6 Å². The number of hydrogen-bond acceptors (Lipinski definition) is 3. The molecule has 0 aromatic heterocycles. The van der Waals surface area contributed by atoms with Crippen LogP contribution in [0, 0.1) is 0 Å². The Balaban J connectivity index is 2.21. The number of rotatable bonds is 33. The SMILES string of the molecule is CCCCCCCCCCCCCCCCC(=O)Nc1ccc(C(=O)O)cc1NC(=O)CCCCCCCCCCCCCCCC. The van der Waals surface area contributed by atoms with Gasteiger partial charge < -0.3 is 15.7 Å². The summed E-state index contributed by atoms with van der Waals surface area (Å²) >= 11 is 0. The molecule has 270 valence electrons. The Labute approximate surface area is 289 Å². The Bertz CT molecular complexity index is 932. The van der Waals surface area contributed by atoms with E-state index in [1.54, 1.807) is 6.07 Å². The van der Waals surface area contributed by atoms with E-state index in [0.717, 1.165) is 38.5 Å². The van der Waals surface area contributed by atoms with Crippen LogP contribution >= 0.6 is 0 Å². The standard InChI is InChI=1S/C41H72N2O4/c1-3-5-7-9-11-13-15-17-19-21-23-25-27-29-31-39(44)42-37-34-33-36(41(46)47)35-38(37)43-40(45)32-30-28-26-24-22-20-18-16-14-12-10-8-6-4-2/h33-35H,3-32H2,1-2H3,(H,42,44)(H,43,45)(H,46,47). The molecule has 0 aliphatic carbocycles. The molecule has 0 saturated carbocycles. The fourth-order valence-corrected chi connectivity index (χ4v) is 6.28. The molecule has 1 aromatic rings. The number of benzene rings is 1. The number of nitrogens with one attached hydrogen (secondary N) is 2. The minimum absolute atomic E-state index is 0.0850. The summed E-state index contributed by atoms with van der Waals surface area (Å²) in [6.45, 7) is 4.52. The zero-order valence-electron chi connectivity index (χ0n) is 30.6. The van der Waals surface area contributed by atoms with Crippen molar-refractivity contribution in [3.63, 3.8) is 0 Å². The van der Waals surface area contributed by atoms with E-state index in [1.807, 2.05) is 0 Å².